The molecule has 22 heavy (non-hydrogen) atoms. The summed E-state index contributed by atoms with van der Waals surface area (Å²) in [7, 11) is 0. The van der Waals surface area contributed by atoms with Gasteiger partial charge in [0.15, 0.2) is 6.10 Å². The topological polar surface area (TPSA) is 26.3 Å². The summed E-state index contributed by atoms with van der Waals surface area (Å²) in [4.78, 5) is 12.9. The second-order valence-electron chi connectivity index (χ2n) is 5.77. The van der Waals surface area contributed by atoms with Crippen LogP contribution in [0.2, 0.25) is 5.02 Å². The number of ketones is 1. The molecule has 2 aromatic carbocycles. The molecule has 2 aromatic rings. The fraction of sp³-hybridized carbons (Fsp3) is 0.316. The molecule has 3 rings (SSSR count). The predicted octanol–water partition coefficient (Wildman–Crippen LogP) is 5.16. The van der Waals surface area contributed by atoms with Gasteiger partial charge >= 0.3 is 0 Å². The number of hydrogen-bond acceptors (Lipinski definition) is 2. The van der Waals surface area contributed by atoms with E-state index in [1.54, 1.807) is 24.3 Å². The van der Waals surface area contributed by atoms with Crippen LogP contribution in [-0.2, 0) is 0 Å². The minimum absolute atomic E-state index is 0.0485. The van der Waals surface area contributed by atoms with Gasteiger partial charge in [-0.3, -0.25) is 4.79 Å². The first-order valence-corrected chi connectivity index (χ1v) is 8.13. The van der Waals surface area contributed by atoms with Crippen LogP contribution in [0.4, 0.5) is 0 Å². The Morgan fingerprint density at radius 1 is 1.00 bits per heavy atom. The van der Waals surface area contributed by atoms with Gasteiger partial charge in [0.25, 0.3) is 0 Å². The summed E-state index contributed by atoms with van der Waals surface area (Å²) in [6, 6.07) is 16.7. The van der Waals surface area contributed by atoms with Crippen molar-refractivity contribution in [3.8, 4) is 5.75 Å². The summed E-state index contributed by atoms with van der Waals surface area (Å²) in [6.45, 7) is 0. The molecule has 1 saturated carbocycles. The number of carbonyl (C=O) groups excluding carboxylic acids is 1. The van der Waals surface area contributed by atoms with Crippen LogP contribution in [0.15, 0.2) is 54.6 Å². The molecule has 0 N–H and O–H groups in total. The van der Waals surface area contributed by atoms with Crippen molar-refractivity contribution in [1.82, 2.24) is 0 Å². The molecule has 0 heterocycles. The summed E-state index contributed by atoms with van der Waals surface area (Å²) < 4.78 is 6.06. The second-order valence-corrected chi connectivity index (χ2v) is 6.20. The number of benzene rings is 2. The lowest BCUT2D eigenvalue weighted by Gasteiger charge is -2.23. The monoisotopic (exact) mass is 314 g/mol. The second kappa shape index (κ2) is 6.97. The number of halogens is 1. The van der Waals surface area contributed by atoms with Gasteiger partial charge < -0.3 is 4.74 Å². The number of carbonyl (C=O) groups is 1. The predicted molar refractivity (Wildman–Crippen MR) is 88.6 cm³/mol. The minimum Gasteiger partial charge on any atom is -0.482 e. The van der Waals surface area contributed by atoms with Crippen LogP contribution in [0.3, 0.4) is 0 Å². The SMILES string of the molecule is O=C(c1ccc(Cl)cc1)C(Oc1ccccc1)C1CCCC1. The zero-order valence-corrected chi connectivity index (χ0v) is 13.1. The van der Waals surface area contributed by atoms with E-state index in [4.69, 9.17) is 16.3 Å². The van der Waals surface area contributed by atoms with Crippen molar-refractivity contribution in [3.63, 3.8) is 0 Å². The Balaban J connectivity index is 1.84. The number of hydrogen-bond donors (Lipinski definition) is 0. The van der Waals surface area contributed by atoms with Gasteiger partial charge in [-0.1, -0.05) is 42.6 Å². The standard InChI is InChI=1S/C19H19ClO2/c20-16-12-10-14(11-13-16)18(21)19(15-6-4-5-7-15)22-17-8-2-1-3-9-17/h1-3,8-13,15,19H,4-7H2. The molecule has 0 bridgehead atoms. The van der Waals surface area contributed by atoms with Gasteiger partial charge in [0.1, 0.15) is 5.75 Å². The van der Waals surface area contributed by atoms with Crippen LogP contribution >= 0.6 is 11.6 Å². The first-order valence-electron chi connectivity index (χ1n) is 7.75. The van der Waals surface area contributed by atoms with E-state index < -0.39 is 6.10 Å². The lowest BCUT2D eigenvalue weighted by molar-refractivity contribution is 0.0680. The number of Topliss-reactive ketones (excluding diaryl/α,β-unsaturated/α-hetero) is 1. The van der Waals surface area contributed by atoms with E-state index in [0.29, 0.717) is 16.5 Å². The Morgan fingerprint density at radius 2 is 1.64 bits per heavy atom. The van der Waals surface area contributed by atoms with Crippen molar-refractivity contribution in [1.29, 1.82) is 0 Å². The van der Waals surface area contributed by atoms with Crippen LogP contribution in [0, 0.1) is 5.92 Å². The highest BCUT2D eigenvalue weighted by Gasteiger charge is 2.33. The smallest absolute Gasteiger partial charge is 0.203 e. The van der Waals surface area contributed by atoms with Crippen molar-refractivity contribution in [2.45, 2.75) is 31.8 Å². The normalized spacial score (nSPS) is 16.4. The van der Waals surface area contributed by atoms with Crippen LogP contribution in [-0.4, -0.2) is 11.9 Å². The molecular formula is C19H19ClO2. The highest BCUT2D eigenvalue weighted by Crippen LogP contribution is 2.32. The zero-order chi connectivity index (χ0) is 15.4. The van der Waals surface area contributed by atoms with Gasteiger partial charge in [0.05, 0.1) is 0 Å². The van der Waals surface area contributed by atoms with Crippen molar-refractivity contribution < 1.29 is 9.53 Å². The van der Waals surface area contributed by atoms with Gasteiger partial charge in [0, 0.05) is 16.5 Å². The van der Waals surface area contributed by atoms with Crippen LogP contribution in [0.25, 0.3) is 0 Å². The van der Waals surface area contributed by atoms with Gasteiger partial charge in [-0.25, -0.2) is 0 Å². The van der Waals surface area contributed by atoms with Crippen LogP contribution in [0.5, 0.6) is 5.75 Å². The quantitative estimate of drug-likeness (QED) is 0.712. The van der Waals surface area contributed by atoms with Gasteiger partial charge in [-0.15, -0.1) is 0 Å². The highest BCUT2D eigenvalue weighted by molar-refractivity contribution is 6.30. The van der Waals surface area contributed by atoms with Gasteiger partial charge in [0.2, 0.25) is 5.78 Å². The molecule has 1 atom stereocenters. The Morgan fingerprint density at radius 3 is 2.27 bits per heavy atom. The molecule has 1 aliphatic carbocycles. The molecule has 3 heteroatoms. The molecule has 0 amide bonds. The third kappa shape index (κ3) is 3.50. The average molecular weight is 315 g/mol. The summed E-state index contributed by atoms with van der Waals surface area (Å²) in [5, 5.41) is 0.637. The van der Waals surface area contributed by atoms with Crippen LogP contribution in [0.1, 0.15) is 36.0 Å². The number of rotatable bonds is 5. The Labute approximate surface area is 136 Å². The van der Waals surface area contributed by atoms with E-state index in [2.05, 4.69) is 0 Å². The maximum Gasteiger partial charge on any atom is 0.203 e. The van der Waals surface area contributed by atoms with Crippen molar-refractivity contribution in [3.05, 3.63) is 65.2 Å². The molecule has 0 spiro atoms. The van der Waals surface area contributed by atoms with E-state index in [0.717, 1.165) is 18.6 Å². The summed E-state index contributed by atoms with van der Waals surface area (Å²) in [6.07, 6.45) is 4.04. The molecule has 0 radical (unpaired) electrons. The molecule has 0 saturated heterocycles. The molecule has 1 aliphatic rings. The number of ether oxygens (including phenoxy) is 1. The zero-order valence-electron chi connectivity index (χ0n) is 12.4. The van der Waals surface area contributed by atoms with E-state index in [1.165, 1.54) is 12.8 Å². The van der Waals surface area contributed by atoms with Crippen molar-refractivity contribution in [2.75, 3.05) is 0 Å². The first kappa shape index (κ1) is 15.1. The van der Waals surface area contributed by atoms with Crippen molar-refractivity contribution in [2.24, 2.45) is 5.92 Å². The fourth-order valence-corrected chi connectivity index (χ4v) is 3.17. The summed E-state index contributed by atoms with van der Waals surface area (Å²) in [5.74, 6) is 1.09. The third-order valence-electron chi connectivity index (χ3n) is 4.22. The molecule has 0 aromatic heterocycles. The highest BCUT2D eigenvalue weighted by atomic mass is 35.5. The lowest BCUT2D eigenvalue weighted by atomic mass is 9.93. The largest absolute Gasteiger partial charge is 0.482 e. The Hall–Kier alpha value is -1.80. The summed E-state index contributed by atoms with van der Waals surface area (Å²) >= 11 is 5.91. The van der Waals surface area contributed by atoms with Crippen molar-refractivity contribution >= 4 is 17.4 Å². The maximum atomic E-state index is 12.9. The van der Waals surface area contributed by atoms with Crippen LogP contribution < -0.4 is 4.74 Å². The summed E-state index contributed by atoms with van der Waals surface area (Å²) in [5.41, 5.74) is 0.664. The molecule has 2 nitrogen and oxygen atoms in total. The van der Waals surface area contributed by atoms with Gasteiger partial charge in [-0.05, 0) is 49.2 Å². The Bertz CT molecular complexity index is 616. The third-order valence-corrected chi connectivity index (χ3v) is 4.47. The maximum absolute atomic E-state index is 12.9. The molecule has 1 fully saturated rings. The molecule has 114 valence electrons. The molecule has 0 aliphatic heterocycles. The molecular weight excluding hydrogens is 296 g/mol. The molecule has 1 unspecified atom stereocenters. The van der Waals surface area contributed by atoms with E-state index in [-0.39, 0.29) is 5.78 Å². The van der Waals surface area contributed by atoms with E-state index in [1.807, 2.05) is 30.3 Å². The van der Waals surface area contributed by atoms with Gasteiger partial charge in [-0.2, -0.15) is 0 Å². The Kier molecular flexibility index (Phi) is 4.79. The van der Waals surface area contributed by atoms with E-state index >= 15 is 0 Å². The van der Waals surface area contributed by atoms with E-state index in [9.17, 15) is 4.79 Å². The minimum atomic E-state index is -0.411. The fourth-order valence-electron chi connectivity index (χ4n) is 3.05. The average Bonchev–Trinajstić information content (AvgIpc) is 3.08. The number of para-hydroxylation sites is 1. The first-order chi connectivity index (χ1) is 10.7. The lowest BCUT2D eigenvalue weighted by Crippen LogP contribution is -2.34.